The van der Waals surface area contributed by atoms with Crippen LogP contribution in [-0.2, 0) is 9.47 Å². The highest BCUT2D eigenvalue weighted by Gasteiger charge is 2.54. The summed E-state index contributed by atoms with van der Waals surface area (Å²) < 4.78 is 12.0. The second kappa shape index (κ2) is 4.04. The molecule has 0 radical (unpaired) electrons. The number of ether oxygens (including phenoxy) is 2. The second-order valence-corrected chi connectivity index (χ2v) is 5.54. The molecule has 0 aromatic carbocycles. The van der Waals surface area contributed by atoms with Crippen LogP contribution in [0.5, 0.6) is 0 Å². The van der Waals surface area contributed by atoms with Crippen molar-refractivity contribution in [2.45, 2.75) is 70.9 Å². The summed E-state index contributed by atoms with van der Waals surface area (Å²) in [5, 5.41) is 8.75. The molecule has 0 amide bonds. The topological polar surface area (TPSA) is 38.7 Å². The van der Waals surface area contributed by atoms with Crippen LogP contribution in [0.2, 0.25) is 0 Å². The summed E-state index contributed by atoms with van der Waals surface area (Å²) in [5.74, 6) is -0.498. The van der Waals surface area contributed by atoms with Crippen molar-refractivity contribution < 1.29 is 14.6 Å². The second-order valence-electron chi connectivity index (χ2n) is 5.54. The van der Waals surface area contributed by atoms with E-state index in [9.17, 15) is 0 Å². The lowest BCUT2D eigenvalue weighted by Gasteiger charge is -2.30. The molecule has 3 heteroatoms. The summed E-state index contributed by atoms with van der Waals surface area (Å²) in [4.78, 5) is 0. The predicted octanol–water partition coefficient (Wildman–Crippen LogP) is 2.47. The van der Waals surface area contributed by atoms with Gasteiger partial charge in [-0.1, -0.05) is 0 Å². The first-order chi connectivity index (χ1) is 6.72. The van der Waals surface area contributed by atoms with Gasteiger partial charge in [-0.25, -0.2) is 0 Å². The fourth-order valence-corrected chi connectivity index (χ4v) is 2.01. The van der Waals surface area contributed by atoms with E-state index in [4.69, 9.17) is 14.6 Å². The quantitative estimate of drug-likeness (QED) is 0.734. The Labute approximate surface area is 92.8 Å². The van der Waals surface area contributed by atoms with Gasteiger partial charge in [0.15, 0.2) is 5.79 Å². The fourth-order valence-electron chi connectivity index (χ4n) is 2.01. The van der Waals surface area contributed by atoms with E-state index in [0.717, 1.165) is 19.3 Å². The van der Waals surface area contributed by atoms with Crippen LogP contribution in [0.25, 0.3) is 0 Å². The van der Waals surface area contributed by atoms with Crippen LogP contribution in [0.3, 0.4) is 0 Å². The van der Waals surface area contributed by atoms with E-state index >= 15 is 0 Å². The van der Waals surface area contributed by atoms with Crippen molar-refractivity contribution in [1.29, 1.82) is 0 Å². The Hall–Kier alpha value is -0.120. The van der Waals surface area contributed by atoms with Gasteiger partial charge in [-0.3, -0.25) is 0 Å². The molecule has 0 bridgehead atoms. The molecule has 3 nitrogen and oxygen atoms in total. The van der Waals surface area contributed by atoms with Gasteiger partial charge in [-0.05, 0) is 47.5 Å². The normalized spacial score (nSPS) is 26.8. The van der Waals surface area contributed by atoms with Crippen LogP contribution >= 0.6 is 0 Å². The number of rotatable bonds is 4. The molecule has 1 fully saturated rings. The van der Waals surface area contributed by atoms with Crippen LogP contribution < -0.4 is 0 Å². The van der Waals surface area contributed by atoms with Gasteiger partial charge in [-0.2, -0.15) is 0 Å². The fraction of sp³-hybridized carbons (Fsp3) is 1.00. The molecule has 1 rings (SSSR count). The zero-order chi connectivity index (χ0) is 11.7. The Morgan fingerprint density at radius 2 is 1.33 bits per heavy atom. The van der Waals surface area contributed by atoms with Crippen LogP contribution in [0, 0.1) is 0 Å². The predicted molar refractivity (Wildman–Crippen MR) is 59.7 cm³/mol. The number of hydrogen-bond acceptors (Lipinski definition) is 3. The summed E-state index contributed by atoms with van der Waals surface area (Å²) in [6.45, 7) is 10.5. The first-order valence-electron chi connectivity index (χ1n) is 5.74. The van der Waals surface area contributed by atoms with Crippen molar-refractivity contribution in [3.8, 4) is 0 Å². The minimum Gasteiger partial charge on any atom is -0.396 e. The third kappa shape index (κ3) is 2.71. The van der Waals surface area contributed by atoms with E-state index in [2.05, 4.69) is 27.7 Å². The van der Waals surface area contributed by atoms with E-state index in [0.29, 0.717) is 0 Å². The van der Waals surface area contributed by atoms with Gasteiger partial charge in [0.2, 0.25) is 0 Å². The Morgan fingerprint density at radius 1 is 0.867 bits per heavy atom. The first-order valence-corrected chi connectivity index (χ1v) is 5.74. The van der Waals surface area contributed by atoms with Crippen molar-refractivity contribution >= 4 is 0 Å². The third-order valence-electron chi connectivity index (χ3n) is 3.43. The van der Waals surface area contributed by atoms with Crippen LogP contribution in [0.4, 0.5) is 0 Å². The maximum Gasteiger partial charge on any atom is 0.167 e. The first kappa shape index (κ1) is 12.9. The Kier molecular flexibility index (Phi) is 3.49. The van der Waals surface area contributed by atoms with Gasteiger partial charge in [-0.15, -0.1) is 0 Å². The molecular weight excluding hydrogens is 192 g/mol. The van der Waals surface area contributed by atoms with Gasteiger partial charge in [0.1, 0.15) is 0 Å². The summed E-state index contributed by atoms with van der Waals surface area (Å²) in [6, 6.07) is 0. The maximum absolute atomic E-state index is 8.75. The molecule has 1 heterocycles. The zero-order valence-electron chi connectivity index (χ0n) is 10.6. The average Bonchev–Trinajstić information content (AvgIpc) is 2.16. The largest absolute Gasteiger partial charge is 0.396 e. The van der Waals surface area contributed by atoms with Crippen molar-refractivity contribution in [2.75, 3.05) is 6.61 Å². The molecule has 0 atom stereocenters. The van der Waals surface area contributed by atoms with E-state index in [1.165, 1.54) is 0 Å². The third-order valence-corrected chi connectivity index (χ3v) is 3.43. The minimum atomic E-state index is -0.498. The molecule has 0 aliphatic carbocycles. The van der Waals surface area contributed by atoms with Crippen LogP contribution in [0.15, 0.2) is 0 Å². The minimum absolute atomic E-state index is 0.239. The van der Waals surface area contributed by atoms with Crippen molar-refractivity contribution in [2.24, 2.45) is 0 Å². The van der Waals surface area contributed by atoms with Gasteiger partial charge in [0.25, 0.3) is 0 Å². The van der Waals surface area contributed by atoms with Gasteiger partial charge in [0.05, 0.1) is 11.2 Å². The average molecular weight is 216 g/mol. The molecule has 1 N–H and O–H groups in total. The molecule has 0 aromatic heterocycles. The Balaban J connectivity index is 2.59. The molecule has 1 aliphatic heterocycles. The summed E-state index contributed by atoms with van der Waals surface area (Å²) in [5.41, 5.74) is -0.526. The maximum atomic E-state index is 8.75. The monoisotopic (exact) mass is 216 g/mol. The summed E-state index contributed by atoms with van der Waals surface area (Å²) in [7, 11) is 0. The number of aliphatic hydroxyl groups excluding tert-OH is 1. The van der Waals surface area contributed by atoms with E-state index < -0.39 is 5.79 Å². The highest BCUT2D eigenvalue weighted by atomic mass is 16.8. The Bertz CT molecular complexity index is 205. The van der Waals surface area contributed by atoms with Gasteiger partial charge in [0, 0.05) is 13.0 Å². The highest BCUT2D eigenvalue weighted by molar-refractivity contribution is 4.97. The Morgan fingerprint density at radius 3 is 1.73 bits per heavy atom. The lowest BCUT2D eigenvalue weighted by atomic mass is 9.90. The lowest BCUT2D eigenvalue weighted by molar-refractivity contribution is -0.183. The molecule has 0 saturated carbocycles. The smallest absolute Gasteiger partial charge is 0.167 e. The number of hydrogen-bond donors (Lipinski definition) is 1. The van der Waals surface area contributed by atoms with Crippen LogP contribution in [-0.4, -0.2) is 28.7 Å². The molecule has 0 unspecified atom stereocenters. The van der Waals surface area contributed by atoms with Crippen LogP contribution in [0.1, 0.15) is 53.9 Å². The molecule has 0 spiro atoms. The van der Waals surface area contributed by atoms with Gasteiger partial charge >= 0.3 is 0 Å². The van der Waals surface area contributed by atoms with E-state index in [1.54, 1.807) is 0 Å². The molecular formula is C12H24O3. The SMILES string of the molecule is CC1(CCCCO)OC(C)(C)C(C)(C)O1. The molecule has 15 heavy (non-hydrogen) atoms. The lowest BCUT2D eigenvalue weighted by Crippen LogP contribution is -2.41. The molecule has 1 saturated heterocycles. The molecule has 1 aliphatic rings. The summed E-state index contributed by atoms with van der Waals surface area (Å²) in [6.07, 6.45) is 2.57. The standard InChI is InChI=1S/C12H24O3/c1-10(2)11(3,4)15-12(5,14-10)8-6-7-9-13/h13H,6-9H2,1-5H3. The van der Waals surface area contributed by atoms with E-state index in [-0.39, 0.29) is 17.8 Å². The molecule has 90 valence electrons. The highest BCUT2D eigenvalue weighted by Crippen LogP contribution is 2.45. The molecule has 0 aromatic rings. The van der Waals surface area contributed by atoms with E-state index in [1.807, 2.05) is 6.92 Å². The zero-order valence-corrected chi connectivity index (χ0v) is 10.6. The summed E-state index contributed by atoms with van der Waals surface area (Å²) >= 11 is 0. The van der Waals surface area contributed by atoms with Crippen molar-refractivity contribution in [1.82, 2.24) is 0 Å². The number of unbranched alkanes of at least 4 members (excludes halogenated alkanes) is 1. The van der Waals surface area contributed by atoms with Gasteiger partial charge < -0.3 is 14.6 Å². The number of aliphatic hydroxyl groups is 1. The van der Waals surface area contributed by atoms with Crippen molar-refractivity contribution in [3.05, 3.63) is 0 Å². The van der Waals surface area contributed by atoms with Crippen molar-refractivity contribution in [3.63, 3.8) is 0 Å².